The normalized spacial score (nSPS) is 19.0. The van der Waals surface area contributed by atoms with E-state index in [0.717, 1.165) is 0 Å². The maximum atomic E-state index is 2.62. The molecule has 0 N–H and O–H groups in total. The summed E-state index contributed by atoms with van der Waals surface area (Å²) in [5.41, 5.74) is 0. The Bertz CT molecular complexity index is 284. The third kappa shape index (κ3) is 3.32. The quantitative estimate of drug-likeness (QED) is 0.755. The first kappa shape index (κ1) is 11.2. The van der Waals surface area contributed by atoms with Gasteiger partial charge in [0.05, 0.1) is 0 Å². The molecule has 1 aliphatic rings. The number of aryl methyl sites for hydroxylation is 1. The molecule has 2 heterocycles. The molecule has 84 valence electrons. The van der Waals surface area contributed by atoms with E-state index in [0.29, 0.717) is 0 Å². The summed E-state index contributed by atoms with van der Waals surface area (Å²) in [5, 5.41) is 0. The van der Waals surface area contributed by atoms with Gasteiger partial charge in [0, 0.05) is 16.3 Å². The largest absolute Gasteiger partial charge is 0.298 e. The summed E-state index contributed by atoms with van der Waals surface area (Å²) in [5.74, 6) is 0. The van der Waals surface area contributed by atoms with Crippen LogP contribution in [0.2, 0.25) is 0 Å². The van der Waals surface area contributed by atoms with E-state index in [9.17, 15) is 0 Å². The molecule has 1 aromatic heterocycles. The first-order chi connectivity index (χ1) is 7.38. The molecule has 2 heteroatoms. The lowest BCUT2D eigenvalue weighted by molar-refractivity contribution is 0.279. The van der Waals surface area contributed by atoms with Crippen molar-refractivity contribution in [2.45, 2.75) is 45.6 Å². The zero-order valence-corrected chi connectivity index (χ0v) is 10.5. The van der Waals surface area contributed by atoms with Gasteiger partial charge in [-0.15, -0.1) is 11.3 Å². The highest BCUT2D eigenvalue weighted by atomic mass is 32.1. The van der Waals surface area contributed by atoms with Crippen LogP contribution < -0.4 is 0 Å². The smallest absolute Gasteiger partial charge is 0.0328 e. The van der Waals surface area contributed by atoms with Gasteiger partial charge in [-0.05, 0) is 44.5 Å². The average Bonchev–Trinajstić information content (AvgIpc) is 2.54. The van der Waals surface area contributed by atoms with Gasteiger partial charge in [-0.3, -0.25) is 4.90 Å². The van der Waals surface area contributed by atoms with Crippen LogP contribution in [0.3, 0.4) is 0 Å². The van der Waals surface area contributed by atoms with Crippen molar-refractivity contribution < 1.29 is 0 Å². The van der Waals surface area contributed by atoms with E-state index in [-0.39, 0.29) is 0 Å². The zero-order valence-electron chi connectivity index (χ0n) is 9.67. The summed E-state index contributed by atoms with van der Waals surface area (Å²) in [6.45, 7) is 6.03. The number of nitrogens with zero attached hydrogens (tertiary/aromatic N) is 1. The van der Waals surface area contributed by atoms with Gasteiger partial charge in [-0.25, -0.2) is 0 Å². The molecule has 2 rings (SSSR count). The van der Waals surface area contributed by atoms with E-state index in [1.54, 1.807) is 4.88 Å². The Kier molecular flexibility index (Phi) is 4.21. The van der Waals surface area contributed by atoms with Crippen LogP contribution in [0, 0.1) is 0 Å². The van der Waals surface area contributed by atoms with E-state index in [4.69, 9.17) is 0 Å². The van der Waals surface area contributed by atoms with Gasteiger partial charge in [0.15, 0.2) is 0 Å². The Morgan fingerprint density at radius 2 is 1.73 bits per heavy atom. The molecular weight excluding hydrogens is 202 g/mol. The molecule has 0 aromatic carbocycles. The molecule has 0 bridgehead atoms. The number of thiophene rings is 1. The molecule has 1 saturated heterocycles. The Morgan fingerprint density at radius 3 is 2.33 bits per heavy atom. The van der Waals surface area contributed by atoms with Crippen molar-refractivity contribution in [2.75, 3.05) is 13.1 Å². The molecule has 0 spiro atoms. The van der Waals surface area contributed by atoms with E-state index in [1.807, 2.05) is 11.3 Å². The molecule has 0 radical (unpaired) electrons. The summed E-state index contributed by atoms with van der Waals surface area (Å²) in [7, 11) is 0. The predicted octanol–water partition coefficient (Wildman–Crippen LogP) is 3.69. The van der Waals surface area contributed by atoms with Gasteiger partial charge >= 0.3 is 0 Å². The Hall–Kier alpha value is -0.340. The third-order valence-corrected chi connectivity index (χ3v) is 4.36. The monoisotopic (exact) mass is 223 g/mol. The van der Waals surface area contributed by atoms with Crippen LogP contribution in [0.25, 0.3) is 0 Å². The molecule has 0 aliphatic carbocycles. The Balaban J connectivity index is 1.89. The minimum Gasteiger partial charge on any atom is -0.298 e. The van der Waals surface area contributed by atoms with Crippen molar-refractivity contribution in [2.24, 2.45) is 0 Å². The Labute approximate surface area is 97.1 Å². The van der Waals surface area contributed by atoms with Crippen LogP contribution >= 0.6 is 11.3 Å². The number of hydrogen-bond acceptors (Lipinski definition) is 2. The molecule has 0 saturated carbocycles. The highest BCUT2D eigenvalue weighted by Gasteiger charge is 2.10. The average molecular weight is 223 g/mol. The highest BCUT2D eigenvalue weighted by Crippen LogP contribution is 2.20. The first-order valence-corrected chi connectivity index (χ1v) is 7.00. The standard InChI is InChI=1S/C13H21NS/c1-2-12-7-8-13(15-12)11-14-9-5-3-4-6-10-14/h7-8H,2-6,9-11H2,1H3. The van der Waals surface area contributed by atoms with Crippen molar-refractivity contribution in [1.82, 2.24) is 4.90 Å². The van der Waals surface area contributed by atoms with Crippen LogP contribution in [0.15, 0.2) is 12.1 Å². The molecule has 1 fully saturated rings. The van der Waals surface area contributed by atoms with Crippen LogP contribution in [0.5, 0.6) is 0 Å². The van der Waals surface area contributed by atoms with Crippen LogP contribution in [0.1, 0.15) is 42.4 Å². The Morgan fingerprint density at radius 1 is 1.07 bits per heavy atom. The fourth-order valence-electron chi connectivity index (χ4n) is 2.21. The lowest BCUT2D eigenvalue weighted by Crippen LogP contribution is -2.23. The van der Waals surface area contributed by atoms with E-state index in [1.165, 1.54) is 56.6 Å². The molecule has 0 amide bonds. The summed E-state index contributed by atoms with van der Waals surface area (Å²) in [6.07, 6.45) is 6.84. The van der Waals surface area contributed by atoms with Gasteiger partial charge in [-0.1, -0.05) is 19.8 Å². The molecule has 0 atom stereocenters. The zero-order chi connectivity index (χ0) is 10.5. The van der Waals surface area contributed by atoms with Gasteiger partial charge in [0.2, 0.25) is 0 Å². The van der Waals surface area contributed by atoms with Gasteiger partial charge in [0.1, 0.15) is 0 Å². The van der Waals surface area contributed by atoms with E-state index in [2.05, 4.69) is 24.0 Å². The predicted molar refractivity (Wildman–Crippen MR) is 67.4 cm³/mol. The molecule has 1 aliphatic heterocycles. The van der Waals surface area contributed by atoms with Crippen molar-refractivity contribution >= 4 is 11.3 Å². The van der Waals surface area contributed by atoms with Gasteiger partial charge in [0.25, 0.3) is 0 Å². The fourth-order valence-corrected chi connectivity index (χ4v) is 3.21. The molecular formula is C13H21NS. The molecule has 15 heavy (non-hydrogen) atoms. The van der Waals surface area contributed by atoms with E-state index >= 15 is 0 Å². The van der Waals surface area contributed by atoms with Gasteiger partial charge < -0.3 is 0 Å². The number of likely N-dealkylation sites (tertiary alicyclic amines) is 1. The van der Waals surface area contributed by atoms with Crippen molar-refractivity contribution in [1.29, 1.82) is 0 Å². The number of hydrogen-bond donors (Lipinski definition) is 0. The molecule has 1 aromatic rings. The van der Waals surface area contributed by atoms with Crippen molar-refractivity contribution in [3.8, 4) is 0 Å². The minimum absolute atomic E-state index is 1.19. The first-order valence-electron chi connectivity index (χ1n) is 6.18. The van der Waals surface area contributed by atoms with Crippen LogP contribution in [-0.4, -0.2) is 18.0 Å². The summed E-state index contributed by atoms with van der Waals surface area (Å²) >= 11 is 1.99. The lowest BCUT2D eigenvalue weighted by atomic mass is 10.2. The fraction of sp³-hybridized carbons (Fsp3) is 0.692. The minimum atomic E-state index is 1.19. The highest BCUT2D eigenvalue weighted by molar-refractivity contribution is 7.11. The summed E-state index contributed by atoms with van der Waals surface area (Å²) in [4.78, 5) is 5.70. The second-order valence-corrected chi connectivity index (χ2v) is 5.66. The topological polar surface area (TPSA) is 3.24 Å². The number of rotatable bonds is 3. The molecule has 1 nitrogen and oxygen atoms in total. The second kappa shape index (κ2) is 5.66. The van der Waals surface area contributed by atoms with Crippen molar-refractivity contribution in [3.05, 3.63) is 21.9 Å². The second-order valence-electron chi connectivity index (χ2n) is 4.41. The van der Waals surface area contributed by atoms with Crippen molar-refractivity contribution in [3.63, 3.8) is 0 Å². The van der Waals surface area contributed by atoms with Crippen LogP contribution in [0.4, 0.5) is 0 Å². The molecule has 0 unspecified atom stereocenters. The third-order valence-electron chi connectivity index (χ3n) is 3.14. The maximum absolute atomic E-state index is 2.62. The summed E-state index contributed by atoms with van der Waals surface area (Å²) in [6, 6.07) is 4.60. The van der Waals surface area contributed by atoms with E-state index < -0.39 is 0 Å². The SMILES string of the molecule is CCc1ccc(CN2CCCCCC2)s1. The lowest BCUT2D eigenvalue weighted by Gasteiger charge is -2.18. The summed E-state index contributed by atoms with van der Waals surface area (Å²) < 4.78 is 0. The van der Waals surface area contributed by atoms with Crippen LogP contribution in [-0.2, 0) is 13.0 Å². The van der Waals surface area contributed by atoms with Gasteiger partial charge in [-0.2, -0.15) is 0 Å². The maximum Gasteiger partial charge on any atom is 0.0328 e.